The zero-order valence-electron chi connectivity index (χ0n) is 12.1. The van der Waals surface area contributed by atoms with E-state index in [1.807, 2.05) is 30.3 Å². The Bertz CT molecular complexity index is 661. The summed E-state index contributed by atoms with van der Waals surface area (Å²) in [5.41, 5.74) is 9.18. The molecule has 0 bridgehead atoms. The number of nitrogens with two attached hydrogens (primary N) is 1. The Balaban J connectivity index is 2.11. The van der Waals surface area contributed by atoms with Crippen LogP contribution in [0.4, 0.5) is 5.69 Å². The average Bonchev–Trinajstić information content (AvgIpc) is 2.53. The van der Waals surface area contributed by atoms with E-state index in [4.69, 9.17) is 15.2 Å². The number of anilines is 1. The van der Waals surface area contributed by atoms with Gasteiger partial charge < -0.3 is 15.2 Å². The number of rotatable bonds is 3. The fourth-order valence-electron chi connectivity index (χ4n) is 2.59. The highest BCUT2D eigenvalue weighted by atomic mass is 32.2. The third kappa shape index (κ3) is 2.54. The molecule has 1 aliphatic rings. The molecular weight excluding hydrogens is 284 g/mol. The Morgan fingerprint density at radius 1 is 1.10 bits per heavy atom. The van der Waals surface area contributed by atoms with Gasteiger partial charge in [0.15, 0.2) is 11.5 Å². The number of para-hydroxylation sites is 1. The number of thioether (sulfide) groups is 1. The van der Waals surface area contributed by atoms with Gasteiger partial charge in [0.05, 0.1) is 20.3 Å². The van der Waals surface area contributed by atoms with Gasteiger partial charge in [-0.05, 0) is 29.3 Å². The van der Waals surface area contributed by atoms with Gasteiger partial charge in [-0.25, -0.2) is 0 Å². The van der Waals surface area contributed by atoms with Gasteiger partial charge in [0, 0.05) is 16.5 Å². The SMILES string of the molecule is COc1cc2c(cc1OC)C(c1ccccc1N)NCS2. The van der Waals surface area contributed by atoms with Crippen LogP contribution in [-0.4, -0.2) is 20.1 Å². The molecule has 110 valence electrons. The van der Waals surface area contributed by atoms with Crippen LogP contribution in [0.1, 0.15) is 17.2 Å². The monoisotopic (exact) mass is 302 g/mol. The lowest BCUT2D eigenvalue weighted by Gasteiger charge is -2.28. The molecule has 0 aromatic heterocycles. The summed E-state index contributed by atoms with van der Waals surface area (Å²) in [6, 6.07) is 12.1. The first kappa shape index (κ1) is 14.1. The van der Waals surface area contributed by atoms with Gasteiger partial charge in [-0.2, -0.15) is 0 Å². The number of hydrogen-bond acceptors (Lipinski definition) is 5. The van der Waals surface area contributed by atoms with Gasteiger partial charge in [0.2, 0.25) is 0 Å². The van der Waals surface area contributed by atoms with Gasteiger partial charge in [0.1, 0.15) is 0 Å². The topological polar surface area (TPSA) is 56.5 Å². The van der Waals surface area contributed by atoms with E-state index in [0.29, 0.717) is 0 Å². The smallest absolute Gasteiger partial charge is 0.161 e. The van der Waals surface area contributed by atoms with Crippen LogP contribution in [-0.2, 0) is 0 Å². The predicted octanol–water partition coefficient (Wildman–Crippen LogP) is 3.03. The fourth-order valence-corrected chi connectivity index (χ4v) is 3.53. The highest BCUT2D eigenvalue weighted by Crippen LogP contribution is 2.42. The summed E-state index contributed by atoms with van der Waals surface area (Å²) in [4.78, 5) is 1.19. The number of hydrogen-bond donors (Lipinski definition) is 2. The molecule has 0 amide bonds. The van der Waals surface area contributed by atoms with Crippen molar-refractivity contribution in [1.82, 2.24) is 5.32 Å². The van der Waals surface area contributed by atoms with Crippen LogP contribution < -0.4 is 20.5 Å². The molecule has 1 atom stereocenters. The Morgan fingerprint density at radius 2 is 1.81 bits per heavy atom. The molecule has 1 aliphatic heterocycles. The summed E-state index contributed by atoms with van der Waals surface area (Å²) in [5, 5.41) is 3.51. The number of nitrogen functional groups attached to an aromatic ring is 1. The first-order valence-electron chi connectivity index (χ1n) is 6.71. The summed E-state index contributed by atoms with van der Waals surface area (Å²) in [6.07, 6.45) is 0. The van der Waals surface area contributed by atoms with Gasteiger partial charge in [-0.15, -0.1) is 11.8 Å². The summed E-state index contributed by atoms with van der Waals surface area (Å²) >= 11 is 1.75. The molecule has 3 N–H and O–H groups in total. The molecule has 0 spiro atoms. The summed E-state index contributed by atoms with van der Waals surface area (Å²) in [7, 11) is 3.31. The van der Waals surface area contributed by atoms with Crippen LogP contribution in [0.5, 0.6) is 11.5 Å². The summed E-state index contributed by atoms with van der Waals surface area (Å²) < 4.78 is 10.8. The van der Waals surface area contributed by atoms with Crippen LogP contribution in [0.25, 0.3) is 0 Å². The lowest BCUT2D eigenvalue weighted by molar-refractivity contribution is 0.353. The maximum Gasteiger partial charge on any atom is 0.161 e. The molecule has 1 heterocycles. The molecule has 2 aromatic rings. The molecule has 0 fully saturated rings. The second-order valence-corrected chi connectivity index (χ2v) is 5.82. The molecule has 4 nitrogen and oxygen atoms in total. The molecular formula is C16H18N2O2S. The highest BCUT2D eigenvalue weighted by Gasteiger charge is 2.25. The van der Waals surface area contributed by atoms with E-state index in [2.05, 4.69) is 11.4 Å². The number of fused-ring (bicyclic) bond motifs is 1. The number of ether oxygens (including phenoxy) is 2. The minimum atomic E-state index is 0.0715. The van der Waals surface area contributed by atoms with Crippen LogP contribution in [0.15, 0.2) is 41.3 Å². The fraction of sp³-hybridized carbons (Fsp3) is 0.250. The molecule has 0 saturated carbocycles. The minimum absolute atomic E-state index is 0.0715. The number of methoxy groups -OCH3 is 2. The largest absolute Gasteiger partial charge is 0.493 e. The van der Waals surface area contributed by atoms with Crippen molar-refractivity contribution < 1.29 is 9.47 Å². The second kappa shape index (κ2) is 5.87. The summed E-state index contributed by atoms with van der Waals surface area (Å²) in [6.45, 7) is 0. The van der Waals surface area contributed by atoms with Gasteiger partial charge in [0.25, 0.3) is 0 Å². The van der Waals surface area contributed by atoms with Crippen molar-refractivity contribution in [1.29, 1.82) is 0 Å². The summed E-state index contributed by atoms with van der Waals surface area (Å²) in [5.74, 6) is 2.33. The standard InChI is InChI=1S/C16H18N2O2S/c1-19-13-7-11-15(8-14(13)20-2)21-9-18-16(11)10-5-3-4-6-12(10)17/h3-8,16,18H,9,17H2,1-2H3. The van der Waals surface area contributed by atoms with E-state index < -0.39 is 0 Å². The molecule has 2 aromatic carbocycles. The lowest BCUT2D eigenvalue weighted by atomic mass is 9.96. The number of benzene rings is 2. The van der Waals surface area contributed by atoms with E-state index in [1.165, 1.54) is 10.5 Å². The van der Waals surface area contributed by atoms with Crippen molar-refractivity contribution in [3.63, 3.8) is 0 Å². The third-order valence-electron chi connectivity index (χ3n) is 3.65. The first-order valence-corrected chi connectivity index (χ1v) is 7.69. The zero-order valence-corrected chi connectivity index (χ0v) is 12.9. The van der Waals surface area contributed by atoms with Crippen LogP contribution in [0.3, 0.4) is 0 Å². The van der Waals surface area contributed by atoms with Gasteiger partial charge >= 0.3 is 0 Å². The molecule has 1 unspecified atom stereocenters. The maximum atomic E-state index is 6.13. The van der Waals surface area contributed by atoms with E-state index in [9.17, 15) is 0 Å². The quantitative estimate of drug-likeness (QED) is 0.854. The Kier molecular flexibility index (Phi) is 3.94. The average molecular weight is 302 g/mol. The normalized spacial score (nSPS) is 17.1. The third-order valence-corrected chi connectivity index (χ3v) is 4.62. The minimum Gasteiger partial charge on any atom is -0.493 e. The van der Waals surface area contributed by atoms with Crippen molar-refractivity contribution in [2.24, 2.45) is 0 Å². The van der Waals surface area contributed by atoms with E-state index in [1.54, 1.807) is 26.0 Å². The highest BCUT2D eigenvalue weighted by molar-refractivity contribution is 7.99. The van der Waals surface area contributed by atoms with Crippen molar-refractivity contribution in [3.05, 3.63) is 47.5 Å². The first-order chi connectivity index (χ1) is 10.2. The van der Waals surface area contributed by atoms with Crippen molar-refractivity contribution in [2.45, 2.75) is 10.9 Å². The molecule has 0 radical (unpaired) electrons. The molecule has 0 aliphatic carbocycles. The van der Waals surface area contributed by atoms with E-state index >= 15 is 0 Å². The predicted molar refractivity (Wildman–Crippen MR) is 86.1 cm³/mol. The van der Waals surface area contributed by atoms with Crippen LogP contribution in [0, 0.1) is 0 Å². The second-order valence-electron chi connectivity index (χ2n) is 4.80. The molecule has 5 heteroatoms. The molecule has 21 heavy (non-hydrogen) atoms. The van der Waals surface area contributed by atoms with Gasteiger partial charge in [-0.1, -0.05) is 18.2 Å². The van der Waals surface area contributed by atoms with Crippen molar-refractivity contribution >= 4 is 17.4 Å². The molecule has 0 saturated heterocycles. The van der Waals surface area contributed by atoms with Crippen molar-refractivity contribution in [2.75, 3.05) is 25.8 Å². The lowest BCUT2D eigenvalue weighted by Crippen LogP contribution is -2.27. The van der Waals surface area contributed by atoms with Crippen molar-refractivity contribution in [3.8, 4) is 11.5 Å². The van der Waals surface area contributed by atoms with E-state index in [0.717, 1.165) is 28.6 Å². The Hall–Kier alpha value is -1.85. The zero-order chi connectivity index (χ0) is 14.8. The molecule has 3 rings (SSSR count). The van der Waals surface area contributed by atoms with Crippen LogP contribution in [0.2, 0.25) is 0 Å². The Labute approximate surface area is 128 Å². The maximum absolute atomic E-state index is 6.13. The van der Waals surface area contributed by atoms with Gasteiger partial charge in [-0.3, -0.25) is 5.32 Å². The number of nitrogens with one attached hydrogen (secondary N) is 1. The van der Waals surface area contributed by atoms with E-state index in [-0.39, 0.29) is 6.04 Å². The Morgan fingerprint density at radius 3 is 2.52 bits per heavy atom. The van der Waals surface area contributed by atoms with Crippen LogP contribution >= 0.6 is 11.8 Å².